The van der Waals surface area contributed by atoms with Crippen molar-refractivity contribution in [3.63, 3.8) is 0 Å². The van der Waals surface area contributed by atoms with Crippen molar-refractivity contribution in [2.75, 3.05) is 11.8 Å². The van der Waals surface area contributed by atoms with E-state index in [0.29, 0.717) is 27.5 Å². The van der Waals surface area contributed by atoms with Crippen LogP contribution in [0.15, 0.2) is 65.6 Å². The van der Waals surface area contributed by atoms with Crippen molar-refractivity contribution in [3.05, 3.63) is 88.5 Å². The van der Waals surface area contributed by atoms with Crippen LogP contribution >= 0.6 is 0 Å². The van der Waals surface area contributed by atoms with E-state index in [1.165, 1.54) is 5.56 Å². The summed E-state index contributed by atoms with van der Waals surface area (Å²) in [5, 5.41) is 0. The van der Waals surface area contributed by atoms with Crippen molar-refractivity contribution in [1.29, 1.82) is 0 Å². The minimum Gasteiger partial charge on any atom is -0.496 e. The number of anilines is 1. The standard InChI is InChI=1S/C23H25NO3S/c1-16-14-22(27-4)17(2)18(3)23(16)28(25,26)24-21-12-10-20(11-13-21)15-19-8-6-5-7-9-19/h5-14,24H,15H2,1-4H3. The van der Waals surface area contributed by atoms with Crippen molar-refractivity contribution >= 4 is 15.7 Å². The van der Waals surface area contributed by atoms with Crippen LogP contribution in [0.1, 0.15) is 27.8 Å². The number of rotatable bonds is 6. The van der Waals surface area contributed by atoms with E-state index in [2.05, 4.69) is 16.9 Å². The molecule has 1 N–H and O–H groups in total. The smallest absolute Gasteiger partial charge is 0.262 e. The third-order valence-electron chi connectivity index (χ3n) is 4.92. The summed E-state index contributed by atoms with van der Waals surface area (Å²) in [4.78, 5) is 0.305. The number of nitrogens with one attached hydrogen (secondary N) is 1. The number of ether oxygens (including phenoxy) is 1. The number of sulfonamides is 1. The Kier molecular flexibility index (Phi) is 5.75. The predicted octanol–water partition coefficient (Wildman–Crippen LogP) is 5.01. The Balaban J connectivity index is 1.84. The first-order valence-corrected chi connectivity index (χ1v) is 10.6. The van der Waals surface area contributed by atoms with Gasteiger partial charge in [-0.1, -0.05) is 42.5 Å². The molecule has 0 radical (unpaired) electrons. The molecule has 0 atom stereocenters. The monoisotopic (exact) mass is 395 g/mol. The third-order valence-corrected chi connectivity index (χ3v) is 6.59. The molecule has 0 aliphatic carbocycles. The quantitative estimate of drug-likeness (QED) is 0.638. The first kappa shape index (κ1) is 20.0. The van der Waals surface area contributed by atoms with Crippen LogP contribution in [-0.2, 0) is 16.4 Å². The lowest BCUT2D eigenvalue weighted by atomic mass is 10.1. The molecule has 0 aliphatic rings. The molecule has 3 aromatic rings. The molecule has 0 fully saturated rings. The highest BCUT2D eigenvalue weighted by Crippen LogP contribution is 2.31. The van der Waals surface area contributed by atoms with E-state index in [9.17, 15) is 8.42 Å². The van der Waals surface area contributed by atoms with Gasteiger partial charge in [0.1, 0.15) is 5.75 Å². The third kappa shape index (κ3) is 4.20. The molecule has 3 rings (SSSR count). The van der Waals surface area contributed by atoms with E-state index in [4.69, 9.17) is 4.74 Å². The maximum atomic E-state index is 13.0. The van der Waals surface area contributed by atoms with E-state index >= 15 is 0 Å². The van der Waals surface area contributed by atoms with Gasteiger partial charge >= 0.3 is 0 Å². The van der Waals surface area contributed by atoms with Crippen LogP contribution in [0.4, 0.5) is 5.69 Å². The molecule has 146 valence electrons. The molecule has 0 aliphatic heterocycles. The van der Waals surface area contributed by atoms with Gasteiger partial charge in [-0.15, -0.1) is 0 Å². The second kappa shape index (κ2) is 8.07. The fourth-order valence-corrected chi connectivity index (χ4v) is 4.96. The number of hydrogen-bond donors (Lipinski definition) is 1. The highest BCUT2D eigenvalue weighted by atomic mass is 32.2. The lowest BCUT2D eigenvalue weighted by molar-refractivity contribution is 0.410. The van der Waals surface area contributed by atoms with Gasteiger partial charge in [-0.05, 0) is 73.2 Å². The van der Waals surface area contributed by atoms with E-state index in [1.54, 1.807) is 32.2 Å². The molecule has 0 amide bonds. The average molecular weight is 396 g/mol. The van der Waals surface area contributed by atoms with E-state index in [0.717, 1.165) is 17.5 Å². The summed E-state index contributed by atoms with van der Waals surface area (Å²) in [6.07, 6.45) is 0.809. The highest BCUT2D eigenvalue weighted by molar-refractivity contribution is 7.92. The van der Waals surface area contributed by atoms with Crippen LogP contribution in [0.25, 0.3) is 0 Å². The fourth-order valence-electron chi connectivity index (χ4n) is 3.38. The molecule has 0 saturated carbocycles. The summed E-state index contributed by atoms with van der Waals surface area (Å²) < 4.78 is 34.1. The number of methoxy groups -OCH3 is 1. The summed E-state index contributed by atoms with van der Waals surface area (Å²) in [6, 6.07) is 19.4. The van der Waals surface area contributed by atoms with Crippen molar-refractivity contribution in [1.82, 2.24) is 0 Å². The predicted molar refractivity (Wildman–Crippen MR) is 114 cm³/mol. The Bertz CT molecular complexity index is 1070. The Labute approximate surface area is 167 Å². The van der Waals surface area contributed by atoms with Crippen molar-refractivity contribution in [3.8, 4) is 5.75 Å². The SMILES string of the molecule is COc1cc(C)c(S(=O)(=O)Nc2ccc(Cc3ccccc3)cc2)c(C)c1C. The molecule has 0 unspecified atom stereocenters. The van der Waals surface area contributed by atoms with E-state index in [1.807, 2.05) is 44.2 Å². The van der Waals surface area contributed by atoms with Gasteiger partial charge in [0.25, 0.3) is 10.0 Å². The van der Waals surface area contributed by atoms with Gasteiger partial charge in [-0.25, -0.2) is 8.42 Å². The van der Waals surface area contributed by atoms with Gasteiger partial charge in [0.15, 0.2) is 0 Å². The average Bonchev–Trinajstić information content (AvgIpc) is 2.66. The highest BCUT2D eigenvalue weighted by Gasteiger charge is 2.22. The zero-order valence-electron chi connectivity index (χ0n) is 16.6. The van der Waals surface area contributed by atoms with Crippen LogP contribution in [-0.4, -0.2) is 15.5 Å². The molecular formula is C23H25NO3S. The number of benzene rings is 3. The lowest BCUT2D eigenvalue weighted by Gasteiger charge is -2.17. The minimum atomic E-state index is -3.70. The van der Waals surface area contributed by atoms with Crippen LogP contribution in [0.2, 0.25) is 0 Å². The molecule has 0 saturated heterocycles. The molecular weight excluding hydrogens is 370 g/mol. The van der Waals surface area contributed by atoms with Crippen molar-refractivity contribution in [2.45, 2.75) is 32.1 Å². The Morgan fingerprint density at radius 1 is 0.857 bits per heavy atom. The number of hydrogen-bond acceptors (Lipinski definition) is 3. The largest absolute Gasteiger partial charge is 0.496 e. The normalized spacial score (nSPS) is 11.3. The molecule has 4 nitrogen and oxygen atoms in total. The summed E-state index contributed by atoms with van der Waals surface area (Å²) in [6.45, 7) is 5.46. The van der Waals surface area contributed by atoms with Crippen LogP contribution in [0.3, 0.4) is 0 Å². The summed E-state index contributed by atoms with van der Waals surface area (Å²) in [7, 11) is -2.11. The fraction of sp³-hybridized carbons (Fsp3) is 0.217. The van der Waals surface area contributed by atoms with Gasteiger partial charge in [0.2, 0.25) is 0 Å². The molecule has 0 spiro atoms. The van der Waals surface area contributed by atoms with Gasteiger partial charge in [-0.2, -0.15) is 0 Å². The summed E-state index contributed by atoms with van der Waals surface area (Å²) in [5.74, 6) is 0.694. The Morgan fingerprint density at radius 2 is 1.46 bits per heavy atom. The first-order valence-electron chi connectivity index (χ1n) is 9.12. The van der Waals surface area contributed by atoms with Gasteiger partial charge in [0.05, 0.1) is 12.0 Å². The maximum absolute atomic E-state index is 13.0. The molecule has 0 heterocycles. The van der Waals surface area contributed by atoms with Gasteiger partial charge < -0.3 is 4.74 Å². The minimum absolute atomic E-state index is 0.305. The zero-order valence-corrected chi connectivity index (χ0v) is 17.4. The van der Waals surface area contributed by atoms with Crippen LogP contribution in [0, 0.1) is 20.8 Å². The second-order valence-electron chi connectivity index (χ2n) is 6.94. The molecule has 0 aromatic heterocycles. The van der Waals surface area contributed by atoms with E-state index in [-0.39, 0.29) is 0 Å². The van der Waals surface area contributed by atoms with Crippen LogP contribution < -0.4 is 9.46 Å². The van der Waals surface area contributed by atoms with E-state index < -0.39 is 10.0 Å². The van der Waals surface area contributed by atoms with Gasteiger partial charge in [-0.3, -0.25) is 4.72 Å². The Hall–Kier alpha value is -2.79. The summed E-state index contributed by atoms with van der Waals surface area (Å²) >= 11 is 0. The van der Waals surface area contributed by atoms with Crippen molar-refractivity contribution < 1.29 is 13.2 Å². The zero-order chi connectivity index (χ0) is 20.3. The van der Waals surface area contributed by atoms with Gasteiger partial charge in [0, 0.05) is 5.69 Å². The molecule has 0 bridgehead atoms. The summed E-state index contributed by atoms with van der Waals surface area (Å²) in [5.41, 5.74) is 5.08. The second-order valence-corrected chi connectivity index (χ2v) is 8.56. The molecule has 28 heavy (non-hydrogen) atoms. The van der Waals surface area contributed by atoms with Crippen LogP contribution in [0.5, 0.6) is 5.75 Å². The number of aryl methyl sites for hydroxylation is 1. The van der Waals surface area contributed by atoms with Crippen molar-refractivity contribution in [2.24, 2.45) is 0 Å². The topological polar surface area (TPSA) is 55.4 Å². The lowest BCUT2D eigenvalue weighted by Crippen LogP contribution is -2.16. The molecule has 5 heteroatoms. The molecule has 3 aromatic carbocycles. The maximum Gasteiger partial charge on any atom is 0.262 e. The first-order chi connectivity index (χ1) is 13.3. The Morgan fingerprint density at radius 3 is 2.07 bits per heavy atom.